The van der Waals surface area contributed by atoms with Crippen LogP contribution >= 0.6 is 0 Å². The minimum absolute atomic E-state index is 0.104. The second kappa shape index (κ2) is 5.04. The normalized spacial score (nSPS) is 26.9. The summed E-state index contributed by atoms with van der Waals surface area (Å²) in [4.78, 5) is 0. The molecule has 7 heteroatoms. The highest BCUT2D eigenvalue weighted by Gasteiger charge is 2.33. The first-order chi connectivity index (χ1) is 9.48. The zero-order valence-electron chi connectivity index (χ0n) is 11.7. The molecular formula is C13H21N3O3S. The highest BCUT2D eigenvalue weighted by atomic mass is 32.2. The van der Waals surface area contributed by atoms with E-state index in [4.69, 9.17) is 10.5 Å². The summed E-state index contributed by atoms with van der Waals surface area (Å²) in [6.07, 6.45) is 2.53. The van der Waals surface area contributed by atoms with Gasteiger partial charge < -0.3 is 10.5 Å². The summed E-state index contributed by atoms with van der Waals surface area (Å²) >= 11 is 0. The van der Waals surface area contributed by atoms with Crippen LogP contribution < -0.4 is 5.73 Å². The largest absolute Gasteiger partial charge is 0.384 e. The number of hydrogen-bond donors (Lipinski definition) is 1. The quantitative estimate of drug-likeness (QED) is 0.881. The molecule has 6 nitrogen and oxygen atoms in total. The lowest BCUT2D eigenvalue weighted by atomic mass is 9.94. The molecule has 0 aromatic carbocycles. The van der Waals surface area contributed by atoms with Crippen molar-refractivity contribution in [1.29, 1.82) is 0 Å². The van der Waals surface area contributed by atoms with Crippen molar-refractivity contribution in [2.45, 2.75) is 38.1 Å². The third kappa shape index (κ3) is 2.44. The van der Waals surface area contributed by atoms with Gasteiger partial charge >= 0.3 is 0 Å². The Labute approximate surface area is 119 Å². The van der Waals surface area contributed by atoms with E-state index < -0.39 is 9.84 Å². The summed E-state index contributed by atoms with van der Waals surface area (Å²) < 4.78 is 30.4. The Bertz CT molecular complexity index is 603. The summed E-state index contributed by atoms with van der Waals surface area (Å²) in [6, 6.07) is -0.104. The van der Waals surface area contributed by atoms with Crippen LogP contribution in [0.5, 0.6) is 0 Å². The van der Waals surface area contributed by atoms with Gasteiger partial charge in [0.05, 0.1) is 23.2 Å². The van der Waals surface area contributed by atoms with Crippen LogP contribution in [0.2, 0.25) is 0 Å². The number of nitrogen functional groups attached to an aromatic ring is 1. The van der Waals surface area contributed by atoms with Crippen LogP contribution in [0.3, 0.4) is 0 Å². The maximum absolute atomic E-state index is 11.6. The molecule has 2 saturated heterocycles. The van der Waals surface area contributed by atoms with Gasteiger partial charge in [0.1, 0.15) is 5.82 Å². The van der Waals surface area contributed by atoms with Gasteiger partial charge in [0.2, 0.25) is 0 Å². The second-order valence-corrected chi connectivity index (χ2v) is 8.01. The highest BCUT2D eigenvalue weighted by Crippen LogP contribution is 2.34. The molecule has 2 N–H and O–H groups in total. The van der Waals surface area contributed by atoms with E-state index in [-0.39, 0.29) is 17.5 Å². The molecule has 1 aromatic heterocycles. The fourth-order valence-electron chi connectivity index (χ4n) is 3.15. The Morgan fingerprint density at radius 1 is 1.30 bits per heavy atom. The molecule has 20 heavy (non-hydrogen) atoms. The lowest BCUT2D eigenvalue weighted by molar-refractivity contribution is 0.0842. The van der Waals surface area contributed by atoms with Crippen molar-refractivity contribution >= 4 is 15.7 Å². The number of anilines is 1. The van der Waals surface area contributed by atoms with Gasteiger partial charge in [-0.2, -0.15) is 5.10 Å². The van der Waals surface area contributed by atoms with E-state index in [1.54, 1.807) is 4.68 Å². The van der Waals surface area contributed by atoms with Gasteiger partial charge in [0.25, 0.3) is 0 Å². The number of rotatable bonds is 2. The SMILES string of the molecule is Cc1c(C2CCOCC2)nn(C2CCS(=O)(=O)C2)c1N. The summed E-state index contributed by atoms with van der Waals surface area (Å²) in [7, 11) is -2.93. The van der Waals surface area contributed by atoms with Crippen LogP contribution in [0.4, 0.5) is 5.82 Å². The molecule has 3 heterocycles. The molecule has 2 aliphatic rings. The molecule has 2 fully saturated rings. The van der Waals surface area contributed by atoms with E-state index >= 15 is 0 Å². The van der Waals surface area contributed by atoms with E-state index in [9.17, 15) is 8.42 Å². The van der Waals surface area contributed by atoms with Crippen LogP contribution in [0.15, 0.2) is 0 Å². The minimum Gasteiger partial charge on any atom is -0.384 e. The first-order valence-corrected chi connectivity index (χ1v) is 8.93. The zero-order chi connectivity index (χ0) is 14.3. The van der Waals surface area contributed by atoms with Gasteiger partial charge in [0.15, 0.2) is 9.84 Å². The van der Waals surface area contributed by atoms with Crippen molar-refractivity contribution in [3.8, 4) is 0 Å². The highest BCUT2D eigenvalue weighted by molar-refractivity contribution is 7.91. The van der Waals surface area contributed by atoms with Gasteiger partial charge in [-0.25, -0.2) is 13.1 Å². The molecule has 0 aliphatic carbocycles. The summed E-state index contributed by atoms with van der Waals surface area (Å²) in [5.74, 6) is 1.40. The Hall–Kier alpha value is -1.08. The number of ether oxygens (including phenoxy) is 1. The zero-order valence-corrected chi connectivity index (χ0v) is 12.5. The molecule has 112 valence electrons. The minimum atomic E-state index is -2.93. The Balaban J connectivity index is 1.89. The molecule has 1 atom stereocenters. The maximum atomic E-state index is 11.6. The molecule has 1 unspecified atom stereocenters. The molecular weight excluding hydrogens is 278 g/mol. The predicted molar refractivity (Wildman–Crippen MR) is 76.5 cm³/mol. The smallest absolute Gasteiger partial charge is 0.152 e. The van der Waals surface area contributed by atoms with Crippen LogP contribution in [0, 0.1) is 6.92 Å². The van der Waals surface area contributed by atoms with Gasteiger partial charge in [-0.15, -0.1) is 0 Å². The molecule has 0 radical (unpaired) electrons. The summed E-state index contributed by atoms with van der Waals surface area (Å²) in [5, 5.41) is 4.65. The average Bonchev–Trinajstić information content (AvgIpc) is 2.93. The van der Waals surface area contributed by atoms with Crippen LogP contribution in [0.25, 0.3) is 0 Å². The van der Waals surface area contributed by atoms with Gasteiger partial charge in [-0.3, -0.25) is 0 Å². The third-order valence-electron chi connectivity index (χ3n) is 4.39. The lowest BCUT2D eigenvalue weighted by Gasteiger charge is -2.20. The molecule has 2 aliphatic heterocycles. The molecule has 0 spiro atoms. The van der Waals surface area contributed by atoms with Crippen LogP contribution in [-0.4, -0.2) is 42.9 Å². The number of nitrogens with zero attached hydrogens (tertiary/aromatic N) is 2. The van der Waals surface area contributed by atoms with Crippen molar-refractivity contribution in [2.75, 3.05) is 30.5 Å². The van der Waals surface area contributed by atoms with Crippen LogP contribution in [0.1, 0.15) is 42.5 Å². The number of sulfone groups is 1. The Morgan fingerprint density at radius 3 is 2.60 bits per heavy atom. The van der Waals surface area contributed by atoms with Crippen molar-refractivity contribution in [1.82, 2.24) is 9.78 Å². The molecule has 1 aromatic rings. The molecule has 0 amide bonds. The Kier molecular flexibility index (Phi) is 3.50. The van der Waals surface area contributed by atoms with E-state index in [1.807, 2.05) is 6.92 Å². The van der Waals surface area contributed by atoms with Crippen molar-refractivity contribution in [3.63, 3.8) is 0 Å². The fourth-order valence-corrected chi connectivity index (χ4v) is 4.85. The summed E-state index contributed by atoms with van der Waals surface area (Å²) in [6.45, 7) is 3.50. The predicted octanol–water partition coefficient (Wildman–Crippen LogP) is 1.03. The number of aromatic nitrogens is 2. The topological polar surface area (TPSA) is 87.2 Å². The maximum Gasteiger partial charge on any atom is 0.152 e. The van der Waals surface area contributed by atoms with Gasteiger partial charge in [0, 0.05) is 24.7 Å². The van der Waals surface area contributed by atoms with E-state index in [0.29, 0.717) is 18.2 Å². The van der Waals surface area contributed by atoms with Gasteiger partial charge in [-0.05, 0) is 26.2 Å². The standard InChI is InChI=1S/C13H21N3O3S/c1-9-12(10-2-5-19-6-3-10)15-16(13(9)14)11-4-7-20(17,18)8-11/h10-11H,2-8,14H2,1H3. The lowest BCUT2D eigenvalue weighted by Crippen LogP contribution is -2.17. The second-order valence-electron chi connectivity index (χ2n) is 5.78. The third-order valence-corrected chi connectivity index (χ3v) is 6.14. The monoisotopic (exact) mass is 299 g/mol. The molecule has 0 saturated carbocycles. The molecule has 0 bridgehead atoms. The van der Waals surface area contributed by atoms with E-state index in [1.165, 1.54) is 0 Å². The fraction of sp³-hybridized carbons (Fsp3) is 0.769. The van der Waals surface area contributed by atoms with Gasteiger partial charge in [-0.1, -0.05) is 0 Å². The number of nitrogens with two attached hydrogens (primary N) is 1. The van der Waals surface area contributed by atoms with Crippen molar-refractivity contribution in [2.24, 2.45) is 0 Å². The van der Waals surface area contributed by atoms with E-state index in [0.717, 1.165) is 37.3 Å². The van der Waals surface area contributed by atoms with Crippen molar-refractivity contribution in [3.05, 3.63) is 11.3 Å². The first-order valence-electron chi connectivity index (χ1n) is 7.10. The number of hydrogen-bond acceptors (Lipinski definition) is 5. The van der Waals surface area contributed by atoms with Crippen LogP contribution in [-0.2, 0) is 14.6 Å². The molecule has 3 rings (SSSR count). The van der Waals surface area contributed by atoms with Crippen molar-refractivity contribution < 1.29 is 13.2 Å². The first kappa shape index (κ1) is 13.9. The summed E-state index contributed by atoms with van der Waals surface area (Å²) in [5.41, 5.74) is 8.18. The van der Waals surface area contributed by atoms with E-state index in [2.05, 4.69) is 5.10 Å². The average molecular weight is 299 g/mol. The Morgan fingerprint density at radius 2 is 2.00 bits per heavy atom.